The lowest BCUT2D eigenvalue weighted by Crippen LogP contribution is -2.51. The van der Waals surface area contributed by atoms with Crippen molar-refractivity contribution >= 4 is 17.6 Å². The minimum atomic E-state index is -0.511. The summed E-state index contributed by atoms with van der Waals surface area (Å²) in [4.78, 5) is 37.2. The largest absolute Gasteiger partial charge is 0.351 e. The fourth-order valence-corrected chi connectivity index (χ4v) is 3.53. The predicted molar refractivity (Wildman–Crippen MR) is 121 cm³/mol. The van der Waals surface area contributed by atoms with Crippen LogP contribution in [-0.2, 0) is 14.4 Å². The molecule has 0 aromatic carbocycles. The molecule has 0 radical (unpaired) electrons. The first-order valence-electron chi connectivity index (χ1n) is 12.0. The Morgan fingerprint density at radius 2 is 1.21 bits per heavy atom. The topological polar surface area (TPSA) is 75.3 Å². The van der Waals surface area contributed by atoms with Crippen LogP contribution in [-0.4, -0.2) is 29.7 Å². The first-order chi connectivity index (χ1) is 13.8. The molecule has 3 unspecified atom stereocenters. The quantitative estimate of drug-likeness (QED) is 0.301. The Morgan fingerprint density at radius 3 is 1.72 bits per heavy atom. The Labute approximate surface area is 179 Å². The number of Topliss-reactive ketones (excluding diaryl/α,β-unsaturated/α-hetero) is 1. The maximum Gasteiger partial charge on any atom is 0.242 e. The summed E-state index contributed by atoms with van der Waals surface area (Å²) >= 11 is 0. The lowest BCUT2D eigenvalue weighted by molar-refractivity contribution is -0.131. The molecule has 0 saturated carbocycles. The lowest BCUT2D eigenvalue weighted by atomic mass is 10.00. The van der Waals surface area contributed by atoms with Gasteiger partial charge in [-0.3, -0.25) is 14.4 Å². The van der Waals surface area contributed by atoms with Crippen molar-refractivity contribution < 1.29 is 14.4 Å². The smallest absolute Gasteiger partial charge is 0.242 e. The molecule has 3 atom stereocenters. The summed E-state index contributed by atoms with van der Waals surface area (Å²) in [6.07, 6.45) is 12.2. The van der Waals surface area contributed by atoms with Crippen LogP contribution in [0.25, 0.3) is 0 Å². The van der Waals surface area contributed by atoms with E-state index in [-0.39, 0.29) is 29.6 Å². The Bertz CT molecular complexity index is 465. The van der Waals surface area contributed by atoms with Gasteiger partial charge in [0.1, 0.15) is 11.8 Å². The zero-order valence-electron chi connectivity index (χ0n) is 19.6. The molecule has 0 aromatic rings. The number of hydrogen-bond acceptors (Lipinski definition) is 3. The van der Waals surface area contributed by atoms with Gasteiger partial charge in [-0.25, -0.2) is 0 Å². The number of carbonyl (C=O) groups is 3. The lowest BCUT2D eigenvalue weighted by Gasteiger charge is -2.24. The minimum absolute atomic E-state index is 0.0353. The van der Waals surface area contributed by atoms with Crippen LogP contribution in [0.3, 0.4) is 0 Å². The van der Waals surface area contributed by atoms with Crippen molar-refractivity contribution in [2.24, 2.45) is 5.92 Å². The van der Waals surface area contributed by atoms with E-state index in [4.69, 9.17) is 0 Å². The van der Waals surface area contributed by atoms with Gasteiger partial charge >= 0.3 is 0 Å². The molecule has 0 aliphatic carbocycles. The summed E-state index contributed by atoms with van der Waals surface area (Å²) in [5.41, 5.74) is 0. The van der Waals surface area contributed by atoms with E-state index in [1.807, 2.05) is 6.92 Å². The molecule has 0 fully saturated rings. The van der Waals surface area contributed by atoms with Gasteiger partial charge in [-0.05, 0) is 26.2 Å². The maximum atomic E-state index is 12.9. The highest BCUT2D eigenvalue weighted by Crippen LogP contribution is 2.13. The van der Waals surface area contributed by atoms with E-state index >= 15 is 0 Å². The summed E-state index contributed by atoms with van der Waals surface area (Å²) in [6, 6.07) is -0.651. The van der Waals surface area contributed by atoms with E-state index in [0.717, 1.165) is 70.6 Å². The monoisotopic (exact) mass is 410 g/mol. The normalized spacial score (nSPS) is 14.1. The standard InChI is InChI=1S/C24H46N2O3/c1-6-9-12-15-19(4)23(28)26-22(17-14-11-8-3)24(29)25-21(18-20(5)27)16-13-10-7-2/h19,21-22H,6-18H2,1-5H3,(H,25,29)(H,26,28). The van der Waals surface area contributed by atoms with E-state index in [1.165, 1.54) is 0 Å². The van der Waals surface area contributed by atoms with Crippen molar-refractivity contribution in [1.29, 1.82) is 0 Å². The van der Waals surface area contributed by atoms with E-state index in [1.54, 1.807) is 6.92 Å². The van der Waals surface area contributed by atoms with E-state index in [9.17, 15) is 14.4 Å². The Kier molecular flexibility index (Phi) is 16.6. The molecule has 5 heteroatoms. The summed E-state index contributed by atoms with van der Waals surface area (Å²) in [7, 11) is 0. The second-order valence-corrected chi connectivity index (χ2v) is 8.56. The van der Waals surface area contributed by atoms with Crippen LogP contribution in [0.15, 0.2) is 0 Å². The molecular formula is C24H46N2O3. The van der Waals surface area contributed by atoms with Crippen LogP contribution in [0.5, 0.6) is 0 Å². The van der Waals surface area contributed by atoms with Gasteiger partial charge in [0.15, 0.2) is 0 Å². The molecule has 0 bridgehead atoms. The highest BCUT2D eigenvalue weighted by atomic mass is 16.2. The molecule has 0 aromatic heterocycles. The predicted octanol–water partition coefficient (Wildman–Crippen LogP) is 5.31. The van der Waals surface area contributed by atoms with Crippen LogP contribution < -0.4 is 10.6 Å². The third-order valence-corrected chi connectivity index (χ3v) is 5.45. The number of amides is 2. The summed E-state index contributed by atoms with van der Waals surface area (Å²) < 4.78 is 0. The van der Waals surface area contributed by atoms with Gasteiger partial charge in [0.05, 0.1) is 0 Å². The second-order valence-electron chi connectivity index (χ2n) is 8.56. The first-order valence-corrected chi connectivity index (χ1v) is 12.0. The molecule has 170 valence electrons. The van der Waals surface area contributed by atoms with Crippen molar-refractivity contribution in [2.45, 2.75) is 130 Å². The van der Waals surface area contributed by atoms with Crippen molar-refractivity contribution in [3.8, 4) is 0 Å². The van der Waals surface area contributed by atoms with E-state index in [0.29, 0.717) is 12.8 Å². The molecule has 0 saturated heterocycles. The third kappa shape index (κ3) is 14.3. The van der Waals surface area contributed by atoms with E-state index < -0.39 is 6.04 Å². The molecule has 0 aliphatic heterocycles. The second kappa shape index (κ2) is 17.5. The number of carbonyl (C=O) groups excluding carboxylic acids is 3. The fourth-order valence-electron chi connectivity index (χ4n) is 3.53. The van der Waals surface area contributed by atoms with Crippen molar-refractivity contribution in [1.82, 2.24) is 10.6 Å². The van der Waals surface area contributed by atoms with Gasteiger partial charge in [0.25, 0.3) is 0 Å². The zero-order valence-corrected chi connectivity index (χ0v) is 19.6. The van der Waals surface area contributed by atoms with Gasteiger partial charge in [-0.2, -0.15) is 0 Å². The van der Waals surface area contributed by atoms with Crippen LogP contribution in [0.4, 0.5) is 0 Å². The van der Waals surface area contributed by atoms with Crippen molar-refractivity contribution in [2.75, 3.05) is 0 Å². The van der Waals surface area contributed by atoms with Gasteiger partial charge in [0.2, 0.25) is 11.8 Å². The van der Waals surface area contributed by atoms with E-state index in [2.05, 4.69) is 31.4 Å². The maximum absolute atomic E-state index is 12.9. The molecule has 5 nitrogen and oxygen atoms in total. The fraction of sp³-hybridized carbons (Fsp3) is 0.875. The summed E-state index contributed by atoms with van der Waals surface area (Å²) in [5, 5.41) is 6.05. The number of ketones is 1. The van der Waals surface area contributed by atoms with Gasteiger partial charge in [-0.15, -0.1) is 0 Å². The SMILES string of the molecule is CCCCCC(CC(C)=O)NC(=O)C(CCCCC)NC(=O)C(C)CCCCC. The molecule has 2 amide bonds. The average molecular weight is 411 g/mol. The zero-order chi connectivity index (χ0) is 22.1. The van der Waals surface area contributed by atoms with Crippen LogP contribution >= 0.6 is 0 Å². The molecule has 2 N–H and O–H groups in total. The van der Waals surface area contributed by atoms with Gasteiger partial charge < -0.3 is 10.6 Å². The highest BCUT2D eigenvalue weighted by Gasteiger charge is 2.25. The Balaban J connectivity index is 4.92. The van der Waals surface area contributed by atoms with Crippen LogP contribution in [0, 0.1) is 5.92 Å². The molecular weight excluding hydrogens is 364 g/mol. The van der Waals surface area contributed by atoms with Gasteiger partial charge in [0, 0.05) is 18.4 Å². The Morgan fingerprint density at radius 1 is 0.690 bits per heavy atom. The summed E-state index contributed by atoms with van der Waals surface area (Å²) in [5.74, 6) is -0.173. The highest BCUT2D eigenvalue weighted by molar-refractivity contribution is 5.88. The summed E-state index contributed by atoms with van der Waals surface area (Å²) in [6.45, 7) is 9.92. The number of nitrogens with one attached hydrogen (secondary N) is 2. The third-order valence-electron chi connectivity index (χ3n) is 5.45. The Hall–Kier alpha value is -1.39. The average Bonchev–Trinajstić information content (AvgIpc) is 2.66. The molecule has 29 heavy (non-hydrogen) atoms. The number of hydrogen-bond donors (Lipinski definition) is 2. The van der Waals surface area contributed by atoms with Crippen molar-refractivity contribution in [3.63, 3.8) is 0 Å². The minimum Gasteiger partial charge on any atom is -0.351 e. The molecule has 0 aliphatic rings. The molecule has 0 rings (SSSR count). The van der Waals surface area contributed by atoms with Crippen LogP contribution in [0.1, 0.15) is 118 Å². The van der Waals surface area contributed by atoms with Gasteiger partial charge in [-0.1, -0.05) is 85.5 Å². The number of rotatable bonds is 18. The number of unbranched alkanes of at least 4 members (excludes halogenated alkanes) is 6. The van der Waals surface area contributed by atoms with Crippen LogP contribution in [0.2, 0.25) is 0 Å². The molecule has 0 spiro atoms. The first kappa shape index (κ1) is 27.6. The van der Waals surface area contributed by atoms with Crippen molar-refractivity contribution in [3.05, 3.63) is 0 Å². The molecule has 0 heterocycles.